The van der Waals surface area contributed by atoms with Crippen LogP contribution in [0.4, 0.5) is 5.82 Å². The molecule has 1 aromatic rings. The molecule has 0 saturated heterocycles. The van der Waals surface area contributed by atoms with Gasteiger partial charge >= 0.3 is 0 Å². The lowest BCUT2D eigenvalue weighted by atomic mass is 9.89. The lowest BCUT2D eigenvalue weighted by Crippen LogP contribution is -2.27. The van der Waals surface area contributed by atoms with E-state index in [4.69, 9.17) is 14.5 Å². The maximum atomic E-state index is 5.72. The van der Waals surface area contributed by atoms with E-state index < -0.39 is 0 Å². The van der Waals surface area contributed by atoms with Crippen molar-refractivity contribution in [1.82, 2.24) is 9.97 Å². The molecule has 0 unspecified atom stereocenters. The number of methoxy groups -OCH3 is 1. The molecule has 0 aliphatic heterocycles. The van der Waals surface area contributed by atoms with Crippen molar-refractivity contribution in [2.75, 3.05) is 25.6 Å². The van der Waals surface area contributed by atoms with Gasteiger partial charge in [-0.15, -0.1) is 0 Å². The van der Waals surface area contributed by atoms with Gasteiger partial charge in [0, 0.05) is 24.6 Å². The van der Waals surface area contributed by atoms with Crippen molar-refractivity contribution in [3.8, 4) is 5.88 Å². The number of anilines is 1. The first kappa shape index (κ1) is 17.0. The summed E-state index contributed by atoms with van der Waals surface area (Å²) in [5.41, 5.74) is -0.0397. The minimum atomic E-state index is -0.0397. The van der Waals surface area contributed by atoms with Crippen LogP contribution < -0.4 is 10.1 Å². The van der Waals surface area contributed by atoms with E-state index in [1.54, 1.807) is 7.11 Å². The molecule has 2 rings (SSSR count). The highest BCUT2D eigenvalue weighted by Crippen LogP contribution is 2.32. The summed E-state index contributed by atoms with van der Waals surface area (Å²) >= 11 is 0. The number of hydrogen-bond acceptors (Lipinski definition) is 5. The summed E-state index contributed by atoms with van der Waals surface area (Å²) in [4.78, 5) is 9.37. The highest BCUT2D eigenvalue weighted by molar-refractivity contribution is 5.41. The number of nitrogens with zero attached hydrogens (tertiary/aromatic N) is 2. The van der Waals surface area contributed by atoms with Crippen LogP contribution in [0.15, 0.2) is 6.07 Å². The molecule has 5 heteroatoms. The summed E-state index contributed by atoms with van der Waals surface area (Å²) in [5, 5.41) is 3.43. The van der Waals surface area contributed by atoms with Crippen LogP contribution in [0.1, 0.15) is 64.6 Å². The number of rotatable bonds is 6. The molecule has 1 saturated carbocycles. The lowest BCUT2D eigenvalue weighted by molar-refractivity contribution is 0.143. The molecule has 124 valence electrons. The second kappa shape index (κ2) is 7.77. The first-order valence-corrected chi connectivity index (χ1v) is 8.27. The normalized spacial score (nSPS) is 16.5. The fourth-order valence-corrected chi connectivity index (χ4v) is 2.74. The standard InChI is InChI=1S/C17H29N3O2/c1-17(2,3)20-14-12-15(22-11-10-21-4)19-16(18-14)13-8-6-5-7-9-13/h12-13H,5-11H2,1-4H3,(H,18,19,20). The summed E-state index contributed by atoms with van der Waals surface area (Å²) in [6, 6.07) is 1.88. The smallest absolute Gasteiger partial charge is 0.218 e. The Bertz CT molecular complexity index is 465. The average Bonchev–Trinajstić information content (AvgIpc) is 2.46. The number of aromatic nitrogens is 2. The van der Waals surface area contributed by atoms with E-state index in [0.29, 0.717) is 25.0 Å². The van der Waals surface area contributed by atoms with Crippen LogP contribution in [0.5, 0.6) is 5.88 Å². The molecule has 0 bridgehead atoms. The van der Waals surface area contributed by atoms with Gasteiger partial charge in [0.15, 0.2) is 0 Å². The van der Waals surface area contributed by atoms with Crippen molar-refractivity contribution in [3.63, 3.8) is 0 Å². The summed E-state index contributed by atoms with van der Waals surface area (Å²) in [7, 11) is 1.67. The minimum Gasteiger partial charge on any atom is -0.475 e. The van der Waals surface area contributed by atoms with E-state index >= 15 is 0 Å². The third-order valence-electron chi connectivity index (χ3n) is 3.73. The van der Waals surface area contributed by atoms with E-state index in [9.17, 15) is 0 Å². The van der Waals surface area contributed by atoms with Crippen LogP contribution in [0.2, 0.25) is 0 Å². The van der Waals surface area contributed by atoms with Crippen LogP contribution in [0.3, 0.4) is 0 Å². The molecule has 1 aromatic heterocycles. The molecule has 0 atom stereocenters. The summed E-state index contributed by atoms with van der Waals surface area (Å²) in [6.07, 6.45) is 6.22. The number of ether oxygens (including phenoxy) is 2. The fourth-order valence-electron chi connectivity index (χ4n) is 2.74. The van der Waals surface area contributed by atoms with Gasteiger partial charge in [0.1, 0.15) is 18.2 Å². The van der Waals surface area contributed by atoms with Gasteiger partial charge in [0.05, 0.1) is 6.61 Å². The molecule has 1 heterocycles. The maximum absolute atomic E-state index is 5.72. The molecule has 1 aliphatic rings. The largest absolute Gasteiger partial charge is 0.475 e. The molecule has 0 radical (unpaired) electrons. The van der Waals surface area contributed by atoms with Crippen LogP contribution >= 0.6 is 0 Å². The van der Waals surface area contributed by atoms with E-state index in [1.165, 1.54) is 32.1 Å². The fraction of sp³-hybridized carbons (Fsp3) is 0.765. The lowest BCUT2D eigenvalue weighted by Gasteiger charge is -2.24. The summed E-state index contributed by atoms with van der Waals surface area (Å²) < 4.78 is 10.8. The van der Waals surface area contributed by atoms with Crippen LogP contribution in [-0.2, 0) is 4.74 Å². The van der Waals surface area contributed by atoms with Gasteiger partial charge in [0.25, 0.3) is 0 Å². The van der Waals surface area contributed by atoms with Gasteiger partial charge in [-0.2, -0.15) is 4.98 Å². The van der Waals surface area contributed by atoms with E-state index in [1.807, 2.05) is 6.07 Å². The quantitative estimate of drug-likeness (QED) is 0.811. The highest BCUT2D eigenvalue weighted by atomic mass is 16.5. The van der Waals surface area contributed by atoms with E-state index in [2.05, 4.69) is 31.1 Å². The van der Waals surface area contributed by atoms with Crippen LogP contribution in [0, 0.1) is 0 Å². The first-order chi connectivity index (χ1) is 10.5. The van der Waals surface area contributed by atoms with Gasteiger partial charge in [-0.3, -0.25) is 0 Å². The molecular weight excluding hydrogens is 278 g/mol. The molecule has 1 N–H and O–H groups in total. The number of nitrogens with one attached hydrogen (secondary N) is 1. The monoisotopic (exact) mass is 307 g/mol. The Balaban J connectivity index is 2.18. The van der Waals surface area contributed by atoms with Crippen LogP contribution in [0.25, 0.3) is 0 Å². The van der Waals surface area contributed by atoms with Crippen molar-refractivity contribution >= 4 is 5.82 Å². The molecule has 0 spiro atoms. The van der Waals surface area contributed by atoms with E-state index in [-0.39, 0.29) is 5.54 Å². The van der Waals surface area contributed by atoms with Crippen molar-refractivity contribution in [2.24, 2.45) is 0 Å². The zero-order chi connectivity index (χ0) is 16.0. The average molecular weight is 307 g/mol. The third-order valence-corrected chi connectivity index (χ3v) is 3.73. The predicted molar refractivity (Wildman–Crippen MR) is 88.6 cm³/mol. The van der Waals surface area contributed by atoms with Crippen molar-refractivity contribution in [1.29, 1.82) is 0 Å². The molecule has 0 aromatic carbocycles. The zero-order valence-corrected chi connectivity index (χ0v) is 14.3. The number of hydrogen-bond donors (Lipinski definition) is 1. The predicted octanol–water partition coefficient (Wildman–Crippen LogP) is 3.76. The van der Waals surface area contributed by atoms with Crippen molar-refractivity contribution in [2.45, 2.75) is 64.3 Å². The second-order valence-corrected chi connectivity index (χ2v) is 7.00. The van der Waals surface area contributed by atoms with Crippen LogP contribution in [-0.4, -0.2) is 35.8 Å². The molecule has 1 aliphatic carbocycles. The summed E-state index contributed by atoms with van der Waals surface area (Å²) in [6.45, 7) is 7.44. The zero-order valence-electron chi connectivity index (χ0n) is 14.3. The first-order valence-electron chi connectivity index (χ1n) is 8.27. The molecule has 5 nitrogen and oxygen atoms in total. The Hall–Kier alpha value is -1.36. The Morgan fingerprint density at radius 3 is 2.50 bits per heavy atom. The topological polar surface area (TPSA) is 56.3 Å². The Morgan fingerprint density at radius 1 is 1.14 bits per heavy atom. The van der Waals surface area contributed by atoms with Gasteiger partial charge in [-0.05, 0) is 33.6 Å². The minimum absolute atomic E-state index is 0.0397. The van der Waals surface area contributed by atoms with Gasteiger partial charge in [-0.25, -0.2) is 4.98 Å². The summed E-state index contributed by atoms with van der Waals surface area (Å²) in [5.74, 6) is 2.86. The Morgan fingerprint density at radius 2 is 1.86 bits per heavy atom. The van der Waals surface area contributed by atoms with Crippen molar-refractivity contribution < 1.29 is 9.47 Å². The molecular formula is C17H29N3O2. The SMILES string of the molecule is COCCOc1cc(NC(C)(C)C)nc(C2CCCCC2)n1. The van der Waals surface area contributed by atoms with E-state index in [0.717, 1.165) is 11.6 Å². The molecule has 1 fully saturated rings. The highest BCUT2D eigenvalue weighted by Gasteiger charge is 2.21. The van der Waals surface area contributed by atoms with Gasteiger partial charge in [-0.1, -0.05) is 19.3 Å². The van der Waals surface area contributed by atoms with Gasteiger partial charge in [0.2, 0.25) is 5.88 Å². The van der Waals surface area contributed by atoms with Gasteiger partial charge < -0.3 is 14.8 Å². The third kappa shape index (κ3) is 5.44. The Kier molecular flexibility index (Phi) is 6.00. The second-order valence-electron chi connectivity index (χ2n) is 7.00. The van der Waals surface area contributed by atoms with Crippen molar-refractivity contribution in [3.05, 3.63) is 11.9 Å². The Labute approximate surface area is 133 Å². The molecule has 0 amide bonds. The molecule has 22 heavy (non-hydrogen) atoms. The maximum Gasteiger partial charge on any atom is 0.218 e.